The lowest BCUT2D eigenvalue weighted by atomic mass is 9.72. The van der Waals surface area contributed by atoms with Crippen LogP contribution in [0.25, 0.3) is 11.1 Å². The summed E-state index contributed by atoms with van der Waals surface area (Å²) in [5.41, 5.74) is 2.98. The Morgan fingerprint density at radius 2 is 1.89 bits per heavy atom. The number of rotatable bonds is 13. The van der Waals surface area contributed by atoms with Gasteiger partial charge in [-0.3, -0.25) is 19.2 Å². The molecule has 0 fully saturated rings. The van der Waals surface area contributed by atoms with Crippen LogP contribution in [0, 0.1) is 17.8 Å². The predicted molar refractivity (Wildman–Crippen MR) is 141 cm³/mol. The van der Waals surface area contributed by atoms with Crippen LogP contribution in [-0.2, 0) is 25.5 Å². The van der Waals surface area contributed by atoms with Crippen LogP contribution < -0.4 is 5.32 Å². The van der Waals surface area contributed by atoms with Crippen LogP contribution in [-0.4, -0.2) is 65.5 Å². The standard InChI is InChI=1S/C29H35NO8/c1-17(33)10-26(35)24(15-32)20(8-9-31)11-18-12-23-22(6-7-25(34)29(23)27(36)13-18)19-4-3-5-21(14-19)30-28(37)16-38-2/h3-7,14,18,20,24,31-32,34H,8-13,15-16H2,1-2H3,(H,30,37). The molecule has 0 saturated carbocycles. The van der Waals surface area contributed by atoms with E-state index in [1.54, 1.807) is 24.3 Å². The number of hydrogen-bond donors (Lipinski definition) is 4. The van der Waals surface area contributed by atoms with Crippen molar-refractivity contribution in [2.75, 3.05) is 32.2 Å². The van der Waals surface area contributed by atoms with Gasteiger partial charge in [0.2, 0.25) is 5.91 Å². The molecule has 204 valence electrons. The van der Waals surface area contributed by atoms with Crippen molar-refractivity contribution in [3.8, 4) is 16.9 Å². The summed E-state index contributed by atoms with van der Waals surface area (Å²) in [4.78, 5) is 49.3. The Bertz CT molecular complexity index is 1190. The Kier molecular flexibility index (Phi) is 10.3. The van der Waals surface area contributed by atoms with Crippen LogP contribution in [0.4, 0.5) is 5.69 Å². The Morgan fingerprint density at radius 1 is 1.13 bits per heavy atom. The minimum atomic E-state index is -0.807. The largest absolute Gasteiger partial charge is 0.507 e. The molecule has 1 aliphatic carbocycles. The molecule has 0 heterocycles. The maximum absolute atomic E-state index is 13.2. The molecule has 2 aromatic carbocycles. The predicted octanol–water partition coefficient (Wildman–Crippen LogP) is 2.93. The molecule has 0 radical (unpaired) electrons. The molecule has 3 rings (SSSR count). The normalized spacial score (nSPS) is 16.4. The zero-order valence-corrected chi connectivity index (χ0v) is 21.7. The van der Waals surface area contributed by atoms with E-state index >= 15 is 0 Å². The van der Waals surface area contributed by atoms with Crippen molar-refractivity contribution >= 4 is 28.9 Å². The lowest BCUT2D eigenvalue weighted by Crippen LogP contribution is -2.32. The topological polar surface area (TPSA) is 150 Å². The molecule has 0 aliphatic heterocycles. The molecule has 0 saturated heterocycles. The summed E-state index contributed by atoms with van der Waals surface area (Å²) >= 11 is 0. The number of benzene rings is 2. The van der Waals surface area contributed by atoms with Crippen molar-refractivity contribution in [1.29, 1.82) is 0 Å². The molecule has 0 spiro atoms. The molecule has 3 unspecified atom stereocenters. The fourth-order valence-electron chi connectivity index (χ4n) is 5.38. The summed E-state index contributed by atoms with van der Waals surface area (Å²) in [5.74, 6) is -2.71. The van der Waals surface area contributed by atoms with Crippen LogP contribution in [0.5, 0.6) is 5.75 Å². The summed E-state index contributed by atoms with van der Waals surface area (Å²) in [6.45, 7) is 0.588. The molecule has 1 aliphatic rings. The third-order valence-electron chi connectivity index (χ3n) is 7.01. The lowest BCUT2D eigenvalue weighted by molar-refractivity contribution is -0.131. The van der Waals surface area contributed by atoms with E-state index in [0.29, 0.717) is 24.1 Å². The molecule has 9 heteroatoms. The van der Waals surface area contributed by atoms with Gasteiger partial charge < -0.3 is 25.4 Å². The van der Waals surface area contributed by atoms with Crippen LogP contribution >= 0.6 is 0 Å². The first-order valence-electron chi connectivity index (χ1n) is 12.7. The number of ether oxygens (including phenoxy) is 1. The van der Waals surface area contributed by atoms with Crippen LogP contribution in [0.2, 0.25) is 0 Å². The van der Waals surface area contributed by atoms with Gasteiger partial charge in [-0.05, 0) is 72.9 Å². The number of carbonyl (C=O) groups is 4. The highest BCUT2D eigenvalue weighted by molar-refractivity contribution is 6.03. The van der Waals surface area contributed by atoms with Gasteiger partial charge in [-0.1, -0.05) is 18.2 Å². The molecule has 0 bridgehead atoms. The van der Waals surface area contributed by atoms with Gasteiger partial charge in [0.25, 0.3) is 0 Å². The maximum Gasteiger partial charge on any atom is 0.250 e. The summed E-state index contributed by atoms with van der Waals surface area (Å²) < 4.78 is 4.86. The van der Waals surface area contributed by atoms with E-state index in [0.717, 1.165) is 11.1 Å². The number of anilines is 1. The minimum Gasteiger partial charge on any atom is -0.507 e. The summed E-state index contributed by atoms with van der Waals surface area (Å²) in [7, 11) is 1.43. The van der Waals surface area contributed by atoms with E-state index in [-0.39, 0.29) is 73.0 Å². The van der Waals surface area contributed by atoms with Crippen molar-refractivity contribution in [2.24, 2.45) is 17.8 Å². The van der Waals surface area contributed by atoms with Gasteiger partial charge in [-0.25, -0.2) is 0 Å². The number of aliphatic hydroxyl groups excluding tert-OH is 2. The zero-order chi connectivity index (χ0) is 27.8. The van der Waals surface area contributed by atoms with E-state index in [2.05, 4.69) is 5.32 Å². The number of methoxy groups -OCH3 is 1. The van der Waals surface area contributed by atoms with Gasteiger partial charge in [-0.15, -0.1) is 0 Å². The van der Waals surface area contributed by atoms with Gasteiger partial charge in [0.15, 0.2) is 5.78 Å². The molecule has 1 amide bonds. The van der Waals surface area contributed by atoms with Gasteiger partial charge >= 0.3 is 0 Å². The number of aromatic hydroxyl groups is 1. The number of Topliss-reactive ketones (excluding diaryl/α,β-unsaturated/α-hetero) is 3. The SMILES string of the molecule is COCC(=O)Nc1cccc(-c2ccc(O)c3c2CC(CC(CCO)C(CO)C(=O)CC(C)=O)CC3=O)c1. The van der Waals surface area contributed by atoms with E-state index in [1.807, 2.05) is 6.07 Å². The van der Waals surface area contributed by atoms with Crippen LogP contribution in [0.3, 0.4) is 0 Å². The second kappa shape index (κ2) is 13.4. The second-order valence-corrected chi connectivity index (χ2v) is 9.89. The summed E-state index contributed by atoms with van der Waals surface area (Å²) in [5, 5.41) is 32.9. The molecule has 38 heavy (non-hydrogen) atoms. The van der Waals surface area contributed by atoms with Crippen molar-refractivity contribution in [3.63, 3.8) is 0 Å². The Balaban J connectivity index is 1.92. The van der Waals surface area contributed by atoms with E-state index in [1.165, 1.54) is 20.1 Å². The molecule has 3 atom stereocenters. The molecular formula is C29H35NO8. The fraction of sp³-hybridized carbons (Fsp3) is 0.448. The lowest BCUT2D eigenvalue weighted by Gasteiger charge is -2.31. The van der Waals surface area contributed by atoms with Crippen LogP contribution in [0.1, 0.15) is 48.5 Å². The number of nitrogens with one attached hydrogen (secondary N) is 1. The van der Waals surface area contributed by atoms with Crippen LogP contribution in [0.15, 0.2) is 36.4 Å². The first kappa shape index (κ1) is 29.2. The molecule has 0 aromatic heterocycles. The summed E-state index contributed by atoms with van der Waals surface area (Å²) in [6, 6.07) is 10.4. The highest BCUT2D eigenvalue weighted by Crippen LogP contribution is 2.41. The molecular weight excluding hydrogens is 490 g/mol. The van der Waals surface area contributed by atoms with Crippen molar-refractivity contribution < 1.29 is 39.2 Å². The number of phenols is 1. The van der Waals surface area contributed by atoms with Gasteiger partial charge in [0.05, 0.1) is 18.6 Å². The molecule has 2 aromatic rings. The number of aliphatic hydroxyl groups is 2. The van der Waals surface area contributed by atoms with Gasteiger partial charge in [-0.2, -0.15) is 0 Å². The van der Waals surface area contributed by atoms with Crippen molar-refractivity contribution in [2.45, 2.75) is 39.0 Å². The van der Waals surface area contributed by atoms with E-state index in [9.17, 15) is 34.5 Å². The third-order valence-corrected chi connectivity index (χ3v) is 7.01. The second-order valence-electron chi connectivity index (χ2n) is 9.89. The average molecular weight is 526 g/mol. The number of carbonyl (C=O) groups excluding carboxylic acids is 4. The Morgan fingerprint density at radius 3 is 2.55 bits per heavy atom. The fourth-order valence-corrected chi connectivity index (χ4v) is 5.38. The number of amides is 1. The smallest absolute Gasteiger partial charge is 0.250 e. The third kappa shape index (κ3) is 7.12. The first-order valence-corrected chi connectivity index (χ1v) is 12.7. The minimum absolute atomic E-state index is 0.0895. The number of phenolic OH excluding ortho intramolecular Hbond substituents is 1. The Labute approximate surface area is 221 Å². The highest BCUT2D eigenvalue weighted by atomic mass is 16.5. The average Bonchev–Trinajstić information content (AvgIpc) is 2.84. The van der Waals surface area contributed by atoms with Crippen molar-refractivity contribution in [1.82, 2.24) is 0 Å². The quantitative estimate of drug-likeness (QED) is 0.292. The van der Waals surface area contributed by atoms with E-state index < -0.39 is 18.4 Å². The monoisotopic (exact) mass is 525 g/mol. The first-order chi connectivity index (χ1) is 18.2. The zero-order valence-electron chi connectivity index (χ0n) is 21.7. The molecule has 4 N–H and O–H groups in total. The maximum atomic E-state index is 13.2. The number of ketones is 3. The summed E-state index contributed by atoms with van der Waals surface area (Å²) in [6.07, 6.45) is 0.949. The number of hydrogen-bond acceptors (Lipinski definition) is 8. The Hall–Kier alpha value is -3.40. The van der Waals surface area contributed by atoms with Crippen molar-refractivity contribution in [3.05, 3.63) is 47.5 Å². The van der Waals surface area contributed by atoms with E-state index in [4.69, 9.17) is 4.74 Å². The van der Waals surface area contributed by atoms with Gasteiger partial charge in [0.1, 0.15) is 23.9 Å². The highest BCUT2D eigenvalue weighted by Gasteiger charge is 2.35. The van der Waals surface area contributed by atoms with Gasteiger partial charge in [0, 0.05) is 31.7 Å². The number of fused-ring (bicyclic) bond motifs is 1. The molecule has 9 nitrogen and oxygen atoms in total.